The highest BCUT2D eigenvalue weighted by Crippen LogP contribution is 2.25. The third-order valence-corrected chi connectivity index (χ3v) is 3.52. The van der Waals surface area contributed by atoms with Crippen molar-refractivity contribution in [3.8, 4) is 5.69 Å². The number of cyclic esters (lactones) is 2. The van der Waals surface area contributed by atoms with E-state index in [1.165, 1.54) is 20.0 Å². The minimum Gasteiger partial charge on any atom is -0.419 e. The minimum atomic E-state index is -1.24. The Morgan fingerprint density at radius 2 is 1.71 bits per heavy atom. The Morgan fingerprint density at radius 1 is 1.08 bits per heavy atom. The van der Waals surface area contributed by atoms with Gasteiger partial charge in [0, 0.05) is 32.4 Å². The van der Waals surface area contributed by atoms with Crippen LogP contribution in [0, 0.1) is 6.92 Å². The fourth-order valence-electron chi connectivity index (χ4n) is 2.41. The minimum absolute atomic E-state index is 0.172. The number of nitrogens with zero attached hydrogens (tertiary/aromatic N) is 1. The molecule has 0 spiro atoms. The predicted octanol–water partition coefficient (Wildman–Crippen LogP) is 2.92. The number of carbonyl (C=O) groups is 2. The van der Waals surface area contributed by atoms with E-state index in [4.69, 9.17) is 9.47 Å². The maximum atomic E-state index is 12.0. The van der Waals surface area contributed by atoms with E-state index in [1.54, 1.807) is 0 Å². The fraction of sp³-hybridized carbons (Fsp3) is 0.222. The van der Waals surface area contributed by atoms with Crippen LogP contribution in [0.3, 0.4) is 0 Å². The molecule has 0 saturated carbocycles. The zero-order chi connectivity index (χ0) is 17.3. The van der Waals surface area contributed by atoms with Crippen molar-refractivity contribution in [2.45, 2.75) is 26.6 Å². The lowest BCUT2D eigenvalue weighted by Gasteiger charge is -2.29. The molecule has 1 saturated heterocycles. The van der Waals surface area contributed by atoms with E-state index in [1.807, 2.05) is 54.2 Å². The normalized spacial score (nSPS) is 16.4. The molecular formula is C18H18N2O4. The lowest BCUT2D eigenvalue weighted by molar-refractivity contribution is -0.222. The van der Waals surface area contributed by atoms with Crippen LogP contribution >= 0.6 is 0 Å². The van der Waals surface area contributed by atoms with Gasteiger partial charge in [0.05, 0.1) is 11.4 Å². The number of hydrogen-bond acceptors (Lipinski definition) is 5. The Bertz CT molecular complexity index is 798. The number of carbonyl (C=O) groups excluding carboxylic acids is 2. The zero-order valence-corrected chi connectivity index (χ0v) is 13.7. The highest BCUT2D eigenvalue weighted by Gasteiger charge is 2.38. The summed E-state index contributed by atoms with van der Waals surface area (Å²) in [7, 11) is 0. The first-order chi connectivity index (χ1) is 11.4. The quantitative estimate of drug-likeness (QED) is 0.533. The Balaban J connectivity index is 1.91. The van der Waals surface area contributed by atoms with Crippen molar-refractivity contribution in [3.05, 3.63) is 60.1 Å². The highest BCUT2D eigenvalue weighted by molar-refractivity contribution is 6.15. The highest BCUT2D eigenvalue weighted by atomic mass is 16.7. The number of hydrogen-bond donors (Lipinski definition) is 1. The standard InChI is InChI=1S/C18H18N2O4/c1-12-6-7-15(20-8-4-5-9-20)14(10-12)19-11-13-16(21)23-18(2,3)24-17(13)22/h4-11,19H,1-3H3. The SMILES string of the molecule is Cc1ccc(-n2cccc2)c(NC=C2C(=O)OC(C)(C)OC2=O)c1. The van der Waals surface area contributed by atoms with Gasteiger partial charge in [0.15, 0.2) is 5.57 Å². The molecule has 0 unspecified atom stereocenters. The van der Waals surface area contributed by atoms with Crippen molar-refractivity contribution >= 4 is 17.6 Å². The summed E-state index contributed by atoms with van der Waals surface area (Å²) >= 11 is 0. The lowest BCUT2D eigenvalue weighted by atomic mass is 10.2. The van der Waals surface area contributed by atoms with E-state index < -0.39 is 17.7 Å². The number of ether oxygens (including phenoxy) is 2. The van der Waals surface area contributed by atoms with Crippen LogP contribution in [-0.4, -0.2) is 22.3 Å². The Hall–Kier alpha value is -3.02. The molecule has 3 rings (SSSR count). The third-order valence-electron chi connectivity index (χ3n) is 3.52. The second kappa shape index (κ2) is 5.88. The second-order valence-electron chi connectivity index (χ2n) is 5.99. The molecule has 0 aliphatic carbocycles. The molecule has 1 aliphatic heterocycles. The van der Waals surface area contributed by atoms with Crippen LogP contribution < -0.4 is 5.32 Å². The van der Waals surface area contributed by atoms with Crippen molar-refractivity contribution in [2.24, 2.45) is 0 Å². The van der Waals surface area contributed by atoms with Gasteiger partial charge in [-0.1, -0.05) is 6.07 Å². The number of benzene rings is 1. The molecule has 0 amide bonds. The van der Waals surface area contributed by atoms with Crippen LogP contribution in [0.1, 0.15) is 19.4 Å². The Morgan fingerprint density at radius 3 is 2.33 bits per heavy atom. The molecule has 6 heteroatoms. The Kier molecular flexibility index (Phi) is 3.89. The average Bonchev–Trinajstić information content (AvgIpc) is 2.99. The van der Waals surface area contributed by atoms with Crippen LogP contribution in [0.4, 0.5) is 5.69 Å². The summed E-state index contributed by atoms with van der Waals surface area (Å²) in [5.74, 6) is -2.66. The molecule has 1 aromatic carbocycles. The largest absolute Gasteiger partial charge is 0.419 e. The molecule has 0 atom stereocenters. The first-order valence-corrected chi connectivity index (χ1v) is 7.53. The van der Waals surface area contributed by atoms with Gasteiger partial charge in [-0.25, -0.2) is 9.59 Å². The number of esters is 2. The van der Waals surface area contributed by atoms with Gasteiger partial charge in [0.1, 0.15) is 0 Å². The van der Waals surface area contributed by atoms with Crippen molar-refractivity contribution in [3.63, 3.8) is 0 Å². The van der Waals surface area contributed by atoms with E-state index in [0.717, 1.165) is 16.9 Å². The number of rotatable bonds is 3. The zero-order valence-electron chi connectivity index (χ0n) is 13.7. The summed E-state index contributed by atoms with van der Waals surface area (Å²) in [6, 6.07) is 9.70. The summed E-state index contributed by atoms with van der Waals surface area (Å²) in [4.78, 5) is 24.0. The van der Waals surface area contributed by atoms with Crippen LogP contribution in [-0.2, 0) is 19.1 Å². The average molecular weight is 326 g/mol. The summed E-state index contributed by atoms with van der Waals surface area (Å²) < 4.78 is 12.1. The molecule has 124 valence electrons. The molecule has 2 heterocycles. The first-order valence-electron chi connectivity index (χ1n) is 7.53. The van der Waals surface area contributed by atoms with Gasteiger partial charge in [-0.05, 0) is 36.8 Å². The molecule has 1 aliphatic rings. The number of nitrogens with one attached hydrogen (secondary N) is 1. The van der Waals surface area contributed by atoms with Crippen molar-refractivity contribution < 1.29 is 19.1 Å². The molecule has 24 heavy (non-hydrogen) atoms. The van der Waals surface area contributed by atoms with Gasteiger partial charge < -0.3 is 19.4 Å². The lowest BCUT2D eigenvalue weighted by Crippen LogP contribution is -2.42. The van der Waals surface area contributed by atoms with Gasteiger partial charge in [-0.2, -0.15) is 0 Å². The fourth-order valence-corrected chi connectivity index (χ4v) is 2.41. The molecule has 6 nitrogen and oxygen atoms in total. The molecule has 0 bridgehead atoms. The predicted molar refractivity (Wildman–Crippen MR) is 88.5 cm³/mol. The van der Waals surface area contributed by atoms with Crippen molar-refractivity contribution in [2.75, 3.05) is 5.32 Å². The third kappa shape index (κ3) is 3.17. The number of aromatic nitrogens is 1. The van der Waals surface area contributed by atoms with E-state index in [-0.39, 0.29) is 5.57 Å². The van der Waals surface area contributed by atoms with Crippen LogP contribution in [0.15, 0.2) is 54.5 Å². The van der Waals surface area contributed by atoms with Crippen molar-refractivity contribution in [1.82, 2.24) is 4.57 Å². The van der Waals surface area contributed by atoms with E-state index >= 15 is 0 Å². The van der Waals surface area contributed by atoms with Crippen LogP contribution in [0.25, 0.3) is 5.69 Å². The van der Waals surface area contributed by atoms with Crippen LogP contribution in [0.5, 0.6) is 0 Å². The molecular weight excluding hydrogens is 308 g/mol. The van der Waals surface area contributed by atoms with Gasteiger partial charge in [0.25, 0.3) is 5.79 Å². The first kappa shape index (κ1) is 15.9. The monoisotopic (exact) mass is 326 g/mol. The molecule has 1 aromatic heterocycles. The van der Waals surface area contributed by atoms with E-state index in [2.05, 4.69) is 5.32 Å². The Labute approximate surface area is 139 Å². The number of aryl methyl sites for hydroxylation is 1. The van der Waals surface area contributed by atoms with Gasteiger partial charge in [0.2, 0.25) is 0 Å². The topological polar surface area (TPSA) is 69.6 Å². The van der Waals surface area contributed by atoms with Crippen molar-refractivity contribution in [1.29, 1.82) is 0 Å². The number of anilines is 1. The van der Waals surface area contributed by atoms with Gasteiger partial charge in [-0.15, -0.1) is 0 Å². The second-order valence-corrected chi connectivity index (χ2v) is 5.99. The molecule has 0 radical (unpaired) electrons. The smallest absolute Gasteiger partial charge is 0.350 e. The maximum Gasteiger partial charge on any atom is 0.350 e. The molecule has 2 aromatic rings. The maximum absolute atomic E-state index is 12.0. The van der Waals surface area contributed by atoms with Gasteiger partial charge in [-0.3, -0.25) is 0 Å². The summed E-state index contributed by atoms with van der Waals surface area (Å²) in [6.07, 6.45) is 5.14. The van der Waals surface area contributed by atoms with Crippen LogP contribution in [0.2, 0.25) is 0 Å². The molecule has 1 fully saturated rings. The summed E-state index contributed by atoms with van der Waals surface area (Å²) in [5, 5.41) is 3.02. The molecule has 1 N–H and O–H groups in total. The summed E-state index contributed by atoms with van der Waals surface area (Å²) in [5.41, 5.74) is 2.51. The van der Waals surface area contributed by atoms with E-state index in [0.29, 0.717) is 0 Å². The van der Waals surface area contributed by atoms with E-state index in [9.17, 15) is 9.59 Å². The van der Waals surface area contributed by atoms with Gasteiger partial charge >= 0.3 is 11.9 Å². The summed E-state index contributed by atoms with van der Waals surface area (Å²) in [6.45, 7) is 4.98.